The van der Waals surface area contributed by atoms with E-state index in [0.29, 0.717) is 6.54 Å². The molecular weight excluding hydrogens is 302 g/mol. The van der Waals surface area contributed by atoms with Crippen molar-refractivity contribution in [1.29, 1.82) is 0 Å². The molecule has 1 amide bonds. The number of benzene rings is 1. The number of anilines is 2. The van der Waals surface area contributed by atoms with E-state index in [2.05, 4.69) is 28.9 Å². The van der Waals surface area contributed by atoms with Crippen molar-refractivity contribution in [2.75, 3.05) is 42.6 Å². The maximum Gasteiger partial charge on any atom is 0.258 e. The fourth-order valence-electron chi connectivity index (χ4n) is 3.42. The van der Waals surface area contributed by atoms with Crippen molar-refractivity contribution >= 4 is 17.3 Å². The summed E-state index contributed by atoms with van der Waals surface area (Å²) in [6, 6.07) is 8.13. The van der Waals surface area contributed by atoms with Crippen LogP contribution in [0.3, 0.4) is 0 Å². The molecule has 3 heterocycles. The summed E-state index contributed by atoms with van der Waals surface area (Å²) in [5.74, 6) is 0.0668. The normalized spacial score (nSPS) is 17.8. The summed E-state index contributed by atoms with van der Waals surface area (Å²) in [4.78, 5) is 21.3. The van der Waals surface area contributed by atoms with Gasteiger partial charge in [-0.15, -0.1) is 0 Å². The molecule has 2 aliphatic rings. The monoisotopic (exact) mass is 323 g/mol. The van der Waals surface area contributed by atoms with Crippen LogP contribution in [0.4, 0.5) is 11.4 Å². The number of carbonyl (C=O) groups is 1. The Bertz CT molecular complexity index is 769. The molecule has 2 aromatic rings. The van der Waals surface area contributed by atoms with Crippen LogP contribution in [-0.2, 0) is 11.2 Å². The number of amides is 1. The summed E-state index contributed by atoms with van der Waals surface area (Å²) in [5.41, 5.74) is 5.08. The average Bonchev–Trinajstić information content (AvgIpc) is 2.63. The van der Waals surface area contributed by atoms with Crippen LogP contribution < -0.4 is 9.80 Å². The van der Waals surface area contributed by atoms with Gasteiger partial charge in [0.1, 0.15) is 0 Å². The number of hydrogen-bond acceptors (Lipinski definition) is 4. The van der Waals surface area contributed by atoms with E-state index in [-0.39, 0.29) is 5.91 Å². The molecule has 1 saturated heterocycles. The third-order valence-electron chi connectivity index (χ3n) is 4.74. The van der Waals surface area contributed by atoms with E-state index in [4.69, 9.17) is 4.74 Å². The summed E-state index contributed by atoms with van der Waals surface area (Å²) < 4.78 is 5.41. The van der Waals surface area contributed by atoms with Gasteiger partial charge < -0.3 is 14.5 Å². The lowest BCUT2D eigenvalue weighted by Crippen LogP contribution is -2.38. The number of carbonyl (C=O) groups excluding carboxylic acids is 1. The van der Waals surface area contributed by atoms with Crippen LogP contribution in [0, 0.1) is 6.92 Å². The summed E-state index contributed by atoms with van der Waals surface area (Å²) in [7, 11) is 0. The molecule has 0 atom stereocenters. The Morgan fingerprint density at radius 2 is 1.83 bits per heavy atom. The van der Waals surface area contributed by atoms with Gasteiger partial charge in [-0.05, 0) is 31.0 Å². The van der Waals surface area contributed by atoms with Crippen LogP contribution in [0.25, 0.3) is 0 Å². The Morgan fingerprint density at radius 3 is 2.67 bits per heavy atom. The number of ether oxygens (including phenoxy) is 1. The minimum atomic E-state index is 0.0668. The zero-order valence-corrected chi connectivity index (χ0v) is 13.9. The van der Waals surface area contributed by atoms with Crippen LogP contribution in [-0.4, -0.2) is 43.7 Å². The van der Waals surface area contributed by atoms with Crippen LogP contribution >= 0.6 is 0 Å². The number of aryl methyl sites for hydroxylation is 1. The molecule has 1 aromatic carbocycles. The first kappa shape index (κ1) is 15.1. The largest absolute Gasteiger partial charge is 0.378 e. The molecule has 0 radical (unpaired) electrons. The van der Waals surface area contributed by atoms with Gasteiger partial charge in [-0.3, -0.25) is 9.78 Å². The third kappa shape index (κ3) is 2.76. The third-order valence-corrected chi connectivity index (χ3v) is 4.74. The SMILES string of the molecule is Cc1ccc2c(c1)CCN(c1cncc(N3CCOCC3)c1)C2=O. The highest BCUT2D eigenvalue weighted by Crippen LogP contribution is 2.27. The number of aromatic nitrogens is 1. The quantitative estimate of drug-likeness (QED) is 0.851. The summed E-state index contributed by atoms with van der Waals surface area (Å²) in [5, 5.41) is 0. The first-order chi connectivity index (χ1) is 11.7. The molecule has 1 fully saturated rings. The molecule has 5 heteroatoms. The van der Waals surface area contributed by atoms with Crippen molar-refractivity contribution < 1.29 is 9.53 Å². The van der Waals surface area contributed by atoms with Crippen LogP contribution in [0.15, 0.2) is 36.7 Å². The van der Waals surface area contributed by atoms with E-state index in [0.717, 1.165) is 55.2 Å². The van der Waals surface area contributed by atoms with Gasteiger partial charge >= 0.3 is 0 Å². The maximum absolute atomic E-state index is 12.9. The first-order valence-corrected chi connectivity index (χ1v) is 8.41. The predicted molar refractivity (Wildman–Crippen MR) is 93.8 cm³/mol. The Kier molecular flexibility index (Phi) is 3.94. The van der Waals surface area contributed by atoms with Crippen molar-refractivity contribution in [2.24, 2.45) is 0 Å². The number of rotatable bonds is 2. The first-order valence-electron chi connectivity index (χ1n) is 8.41. The lowest BCUT2D eigenvalue weighted by atomic mass is 9.96. The number of hydrogen-bond donors (Lipinski definition) is 0. The summed E-state index contributed by atoms with van der Waals surface area (Å²) in [6.07, 6.45) is 4.52. The molecule has 0 unspecified atom stereocenters. The van der Waals surface area contributed by atoms with Gasteiger partial charge in [-0.2, -0.15) is 0 Å². The Morgan fingerprint density at radius 1 is 1.04 bits per heavy atom. The number of morpholine rings is 1. The molecule has 1 aromatic heterocycles. The van der Waals surface area contributed by atoms with Gasteiger partial charge in [-0.25, -0.2) is 0 Å². The maximum atomic E-state index is 12.9. The van der Waals surface area contributed by atoms with E-state index in [9.17, 15) is 4.79 Å². The van der Waals surface area contributed by atoms with Gasteiger partial charge in [0.25, 0.3) is 5.91 Å². The molecule has 0 saturated carbocycles. The minimum Gasteiger partial charge on any atom is -0.378 e. The molecule has 2 aliphatic heterocycles. The van der Waals surface area contributed by atoms with Crippen LogP contribution in [0.5, 0.6) is 0 Å². The van der Waals surface area contributed by atoms with Crippen molar-refractivity contribution in [3.63, 3.8) is 0 Å². The highest BCUT2D eigenvalue weighted by Gasteiger charge is 2.26. The fourth-order valence-corrected chi connectivity index (χ4v) is 3.42. The molecule has 0 N–H and O–H groups in total. The average molecular weight is 323 g/mol. The van der Waals surface area contributed by atoms with E-state index in [1.165, 1.54) is 5.56 Å². The van der Waals surface area contributed by atoms with Crippen molar-refractivity contribution in [3.05, 3.63) is 53.3 Å². The van der Waals surface area contributed by atoms with Crippen molar-refractivity contribution in [3.8, 4) is 0 Å². The van der Waals surface area contributed by atoms with Gasteiger partial charge in [0.2, 0.25) is 0 Å². The number of fused-ring (bicyclic) bond motifs is 1. The second-order valence-corrected chi connectivity index (χ2v) is 6.37. The number of nitrogens with zero attached hydrogens (tertiary/aromatic N) is 3. The Balaban J connectivity index is 1.62. The van der Waals surface area contributed by atoms with Crippen molar-refractivity contribution in [2.45, 2.75) is 13.3 Å². The highest BCUT2D eigenvalue weighted by molar-refractivity contribution is 6.08. The van der Waals surface area contributed by atoms with Gasteiger partial charge in [0, 0.05) is 25.2 Å². The molecule has 5 nitrogen and oxygen atoms in total. The predicted octanol–water partition coefficient (Wildman–Crippen LogP) is 2.43. The second kappa shape index (κ2) is 6.24. The van der Waals surface area contributed by atoms with E-state index in [1.807, 2.05) is 23.2 Å². The molecule has 0 spiro atoms. The zero-order chi connectivity index (χ0) is 16.5. The van der Waals surface area contributed by atoms with E-state index >= 15 is 0 Å². The van der Waals surface area contributed by atoms with E-state index < -0.39 is 0 Å². The topological polar surface area (TPSA) is 45.7 Å². The Labute approximate surface area is 141 Å². The van der Waals surface area contributed by atoms with Crippen LogP contribution in [0.2, 0.25) is 0 Å². The fraction of sp³-hybridized carbons (Fsp3) is 0.368. The molecular formula is C19H21N3O2. The molecule has 0 aliphatic carbocycles. The van der Waals surface area contributed by atoms with Gasteiger partial charge in [-0.1, -0.05) is 17.7 Å². The standard InChI is InChI=1S/C19H21N3O2/c1-14-2-3-18-15(10-14)4-5-22(19(18)23)17-11-16(12-20-13-17)21-6-8-24-9-7-21/h2-3,10-13H,4-9H2,1H3. The van der Waals surface area contributed by atoms with E-state index in [1.54, 1.807) is 6.20 Å². The van der Waals surface area contributed by atoms with Crippen molar-refractivity contribution in [1.82, 2.24) is 4.98 Å². The van der Waals surface area contributed by atoms with Gasteiger partial charge in [0.05, 0.1) is 37.0 Å². The number of pyridine rings is 1. The molecule has 0 bridgehead atoms. The smallest absolute Gasteiger partial charge is 0.258 e. The minimum absolute atomic E-state index is 0.0668. The second-order valence-electron chi connectivity index (χ2n) is 6.37. The zero-order valence-electron chi connectivity index (χ0n) is 13.9. The lowest BCUT2D eigenvalue weighted by Gasteiger charge is -2.31. The molecule has 24 heavy (non-hydrogen) atoms. The molecule has 4 rings (SSSR count). The highest BCUT2D eigenvalue weighted by atomic mass is 16.5. The van der Waals surface area contributed by atoms with Gasteiger partial charge in [0.15, 0.2) is 0 Å². The lowest BCUT2D eigenvalue weighted by molar-refractivity contribution is 0.0980. The van der Waals surface area contributed by atoms with Crippen LogP contribution in [0.1, 0.15) is 21.5 Å². The summed E-state index contributed by atoms with van der Waals surface area (Å²) in [6.45, 7) is 5.96. The Hall–Kier alpha value is -2.40. The summed E-state index contributed by atoms with van der Waals surface area (Å²) >= 11 is 0. The molecule has 124 valence electrons.